The summed E-state index contributed by atoms with van der Waals surface area (Å²) >= 11 is 0. The number of ether oxygens (including phenoxy) is 4. The molecule has 0 radical (unpaired) electrons. The highest BCUT2D eigenvalue weighted by atomic mass is 16.5. The predicted octanol–water partition coefficient (Wildman–Crippen LogP) is 3.47. The first-order valence-corrected chi connectivity index (χ1v) is 8.79. The zero-order valence-electron chi connectivity index (χ0n) is 15.5. The maximum Gasteiger partial charge on any atom is 0.160 e. The number of phenols is 1. The van der Waals surface area contributed by atoms with Gasteiger partial charge in [-0.15, -0.1) is 0 Å². The van der Waals surface area contributed by atoms with Crippen molar-refractivity contribution in [3.63, 3.8) is 0 Å². The van der Waals surface area contributed by atoms with Crippen molar-refractivity contribution < 1.29 is 24.1 Å². The molecular formula is C21H26O5. The van der Waals surface area contributed by atoms with Crippen LogP contribution in [0.25, 0.3) is 0 Å². The van der Waals surface area contributed by atoms with E-state index < -0.39 is 0 Å². The molecule has 2 aromatic rings. The Balaban J connectivity index is 1.69. The van der Waals surface area contributed by atoms with E-state index >= 15 is 0 Å². The third-order valence-electron chi connectivity index (χ3n) is 5.02. The highest BCUT2D eigenvalue weighted by Crippen LogP contribution is 2.33. The predicted molar refractivity (Wildman–Crippen MR) is 99.4 cm³/mol. The maximum absolute atomic E-state index is 9.99. The fourth-order valence-corrected chi connectivity index (χ4v) is 3.57. The summed E-state index contributed by atoms with van der Waals surface area (Å²) in [6, 6.07) is 11.7. The van der Waals surface area contributed by atoms with E-state index in [4.69, 9.17) is 18.9 Å². The summed E-state index contributed by atoms with van der Waals surface area (Å²) in [5.74, 6) is 3.01. The van der Waals surface area contributed by atoms with Crippen molar-refractivity contribution in [2.45, 2.75) is 12.8 Å². The van der Waals surface area contributed by atoms with E-state index in [0.29, 0.717) is 17.6 Å². The van der Waals surface area contributed by atoms with Gasteiger partial charge in [0.1, 0.15) is 0 Å². The summed E-state index contributed by atoms with van der Waals surface area (Å²) in [5, 5.41) is 9.99. The van der Waals surface area contributed by atoms with Gasteiger partial charge in [-0.1, -0.05) is 12.1 Å². The zero-order valence-corrected chi connectivity index (χ0v) is 15.5. The lowest BCUT2D eigenvalue weighted by atomic mass is 9.85. The number of aromatic hydroxyl groups is 1. The summed E-state index contributed by atoms with van der Waals surface area (Å²) < 4.78 is 21.6. The zero-order chi connectivity index (χ0) is 18.5. The Kier molecular flexibility index (Phi) is 5.89. The molecule has 1 heterocycles. The Hall–Kier alpha value is -2.40. The number of hydrogen-bond acceptors (Lipinski definition) is 5. The quantitative estimate of drug-likeness (QED) is 0.821. The molecule has 1 N–H and O–H groups in total. The number of benzene rings is 2. The molecule has 0 aliphatic carbocycles. The normalized spacial score (nSPS) is 19.3. The first-order chi connectivity index (χ1) is 12.6. The maximum atomic E-state index is 9.99. The Bertz CT molecular complexity index is 743. The minimum absolute atomic E-state index is 0.181. The van der Waals surface area contributed by atoms with Gasteiger partial charge in [-0.05, 0) is 60.1 Å². The first-order valence-electron chi connectivity index (χ1n) is 8.79. The molecule has 2 aromatic carbocycles. The van der Waals surface area contributed by atoms with Gasteiger partial charge in [-0.25, -0.2) is 0 Å². The average Bonchev–Trinajstić information content (AvgIpc) is 3.08. The van der Waals surface area contributed by atoms with E-state index in [0.717, 1.165) is 43.1 Å². The Morgan fingerprint density at radius 3 is 1.88 bits per heavy atom. The lowest BCUT2D eigenvalue weighted by Gasteiger charge is -2.19. The monoisotopic (exact) mass is 358 g/mol. The number of phenolic OH excluding ortho intramolecular Hbond substituents is 1. The van der Waals surface area contributed by atoms with Gasteiger partial charge in [0.2, 0.25) is 0 Å². The van der Waals surface area contributed by atoms with Gasteiger partial charge in [-0.3, -0.25) is 0 Å². The minimum atomic E-state index is 0.181. The summed E-state index contributed by atoms with van der Waals surface area (Å²) in [4.78, 5) is 0. The molecule has 26 heavy (non-hydrogen) atoms. The molecular weight excluding hydrogens is 332 g/mol. The summed E-state index contributed by atoms with van der Waals surface area (Å²) in [6.07, 6.45) is 1.79. The Morgan fingerprint density at radius 2 is 1.35 bits per heavy atom. The SMILES string of the molecule is COc1ccc(C[C@H]2COC[C@@H]2Cc2ccc(OC)c(OC)c2)cc1O. The van der Waals surface area contributed by atoms with Crippen LogP contribution in [0.4, 0.5) is 0 Å². The molecule has 0 amide bonds. The van der Waals surface area contributed by atoms with Crippen molar-refractivity contribution in [3.8, 4) is 23.0 Å². The molecule has 0 bridgehead atoms. The van der Waals surface area contributed by atoms with Crippen LogP contribution in [0.5, 0.6) is 23.0 Å². The average molecular weight is 358 g/mol. The Morgan fingerprint density at radius 1 is 0.808 bits per heavy atom. The molecule has 0 aromatic heterocycles. The lowest BCUT2D eigenvalue weighted by Crippen LogP contribution is -2.17. The Labute approximate surface area is 154 Å². The van der Waals surface area contributed by atoms with E-state index in [2.05, 4.69) is 6.07 Å². The van der Waals surface area contributed by atoms with Gasteiger partial charge < -0.3 is 24.1 Å². The van der Waals surface area contributed by atoms with Crippen LogP contribution in [0.1, 0.15) is 11.1 Å². The minimum Gasteiger partial charge on any atom is -0.504 e. The van der Waals surface area contributed by atoms with E-state index in [9.17, 15) is 5.11 Å². The van der Waals surface area contributed by atoms with Gasteiger partial charge in [-0.2, -0.15) is 0 Å². The van der Waals surface area contributed by atoms with Crippen LogP contribution < -0.4 is 14.2 Å². The lowest BCUT2D eigenvalue weighted by molar-refractivity contribution is 0.180. The first kappa shape index (κ1) is 18.4. The van der Waals surface area contributed by atoms with Gasteiger partial charge in [0, 0.05) is 0 Å². The summed E-state index contributed by atoms with van der Waals surface area (Å²) in [6.45, 7) is 1.49. The van der Waals surface area contributed by atoms with Gasteiger partial charge in [0.05, 0.1) is 34.5 Å². The van der Waals surface area contributed by atoms with Crippen LogP contribution in [0.2, 0.25) is 0 Å². The topological polar surface area (TPSA) is 57.2 Å². The third-order valence-corrected chi connectivity index (χ3v) is 5.02. The van der Waals surface area contributed by atoms with Crippen molar-refractivity contribution in [3.05, 3.63) is 47.5 Å². The summed E-state index contributed by atoms with van der Waals surface area (Å²) in [5.41, 5.74) is 2.30. The number of rotatable bonds is 7. The van der Waals surface area contributed by atoms with Gasteiger partial charge in [0.15, 0.2) is 23.0 Å². The molecule has 5 nitrogen and oxygen atoms in total. The highest BCUT2D eigenvalue weighted by molar-refractivity contribution is 5.43. The van der Waals surface area contributed by atoms with Crippen LogP contribution in [-0.2, 0) is 17.6 Å². The van der Waals surface area contributed by atoms with Crippen LogP contribution in [0, 0.1) is 11.8 Å². The molecule has 1 aliphatic rings. The van der Waals surface area contributed by atoms with Gasteiger partial charge >= 0.3 is 0 Å². The molecule has 3 rings (SSSR count). The van der Waals surface area contributed by atoms with Crippen LogP contribution >= 0.6 is 0 Å². The molecule has 5 heteroatoms. The van der Waals surface area contributed by atoms with Gasteiger partial charge in [0.25, 0.3) is 0 Å². The van der Waals surface area contributed by atoms with Crippen LogP contribution in [0.15, 0.2) is 36.4 Å². The van der Waals surface area contributed by atoms with E-state index in [1.165, 1.54) is 5.56 Å². The second-order valence-corrected chi connectivity index (χ2v) is 6.66. The second kappa shape index (κ2) is 8.32. The van der Waals surface area contributed by atoms with Crippen molar-refractivity contribution in [2.75, 3.05) is 34.5 Å². The number of hydrogen-bond donors (Lipinski definition) is 1. The van der Waals surface area contributed by atoms with Crippen molar-refractivity contribution in [1.29, 1.82) is 0 Å². The van der Waals surface area contributed by atoms with E-state index in [1.807, 2.05) is 24.3 Å². The molecule has 140 valence electrons. The van der Waals surface area contributed by atoms with E-state index in [-0.39, 0.29) is 5.75 Å². The molecule has 1 aliphatic heterocycles. The fraction of sp³-hybridized carbons (Fsp3) is 0.429. The van der Waals surface area contributed by atoms with Crippen LogP contribution in [0.3, 0.4) is 0 Å². The molecule has 2 atom stereocenters. The molecule has 0 saturated carbocycles. The number of methoxy groups -OCH3 is 3. The fourth-order valence-electron chi connectivity index (χ4n) is 3.57. The van der Waals surface area contributed by atoms with Crippen LogP contribution in [-0.4, -0.2) is 39.6 Å². The van der Waals surface area contributed by atoms with Crippen molar-refractivity contribution >= 4 is 0 Å². The standard InChI is InChI=1S/C21H26O5/c1-23-19-6-4-14(10-18(19)22)8-16-12-26-13-17(16)9-15-5-7-20(24-2)21(11-15)25-3/h4-7,10-11,16-17,22H,8-9,12-13H2,1-3H3/t16-,17-/m0/s1. The smallest absolute Gasteiger partial charge is 0.160 e. The summed E-state index contributed by atoms with van der Waals surface area (Å²) in [7, 11) is 4.85. The molecule has 1 saturated heterocycles. The molecule has 1 fully saturated rings. The van der Waals surface area contributed by atoms with E-state index in [1.54, 1.807) is 27.4 Å². The second-order valence-electron chi connectivity index (χ2n) is 6.66. The molecule has 0 spiro atoms. The third kappa shape index (κ3) is 4.05. The highest BCUT2D eigenvalue weighted by Gasteiger charge is 2.29. The van der Waals surface area contributed by atoms with Crippen molar-refractivity contribution in [2.24, 2.45) is 11.8 Å². The largest absolute Gasteiger partial charge is 0.504 e. The van der Waals surface area contributed by atoms with Crippen molar-refractivity contribution in [1.82, 2.24) is 0 Å². The molecule has 0 unspecified atom stereocenters.